The number of benzene rings is 1. The van der Waals surface area contributed by atoms with Crippen LogP contribution >= 0.6 is 0 Å². The second kappa shape index (κ2) is 5.53. The zero-order valence-corrected chi connectivity index (χ0v) is 11.5. The Morgan fingerprint density at radius 2 is 1.94 bits per heavy atom. The van der Waals surface area contributed by atoms with Gasteiger partial charge >= 0.3 is 0 Å². The molecule has 0 saturated carbocycles. The second-order valence-electron chi connectivity index (χ2n) is 5.26. The molecule has 1 heterocycles. The van der Waals surface area contributed by atoms with Crippen molar-refractivity contribution in [3.8, 4) is 0 Å². The molecule has 1 atom stereocenters. The van der Waals surface area contributed by atoms with Gasteiger partial charge in [-0.05, 0) is 45.9 Å². The molecule has 3 nitrogen and oxygen atoms in total. The SMILES string of the molecule is CNC1CCCN(C(=O)c2cc(C)cc(C)c2)C1. The van der Waals surface area contributed by atoms with Gasteiger partial charge in [0.15, 0.2) is 0 Å². The van der Waals surface area contributed by atoms with Gasteiger partial charge in [-0.3, -0.25) is 4.79 Å². The average Bonchev–Trinajstić information content (AvgIpc) is 2.37. The summed E-state index contributed by atoms with van der Waals surface area (Å²) in [6.07, 6.45) is 2.25. The largest absolute Gasteiger partial charge is 0.337 e. The van der Waals surface area contributed by atoms with Crippen LogP contribution in [0.2, 0.25) is 0 Å². The summed E-state index contributed by atoms with van der Waals surface area (Å²) in [4.78, 5) is 14.4. The smallest absolute Gasteiger partial charge is 0.253 e. The van der Waals surface area contributed by atoms with Crippen molar-refractivity contribution < 1.29 is 4.79 Å². The predicted molar refractivity (Wildman–Crippen MR) is 73.9 cm³/mol. The molecular weight excluding hydrogens is 224 g/mol. The fourth-order valence-corrected chi connectivity index (χ4v) is 2.68. The highest BCUT2D eigenvalue weighted by Crippen LogP contribution is 2.16. The Morgan fingerprint density at radius 3 is 2.56 bits per heavy atom. The lowest BCUT2D eigenvalue weighted by Crippen LogP contribution is -2.46. The highest BCUT2D eigenvalue weighted by molar-refractivity contribution is 5.94. The second-order valence-corrected chi connectivity index (χ2v) is 5.26. The van der Waals surface area contributed by atoms with E-state index >= 15 is 0 Å². The topological polar surface area (TPSA) is 32.3 Å². The summed E-state index contributed by atoms with van der Waals surface area (Å²) >= 11 is 0. The van der Waals surface area contributed by atoms with Gasteiger partial charge < -0.3 is 10.2 Å². The Bertz CT molecular complexity index is 422. The number of aryl methyl sites for hydroxylation is 2. The molecule has 1 fully saturated rings. The Labute approximate surface area is 109 Å². The maximum Gasteiger partial charge on any atom is 0.253 e. The summed E-state index contributed by atoms with van der Waals surface area (Å²) in [5, 5.41) is 3.27. The number of nitrogens with zero attached hydrogens (tertiary/aromatic N) is 1. The van der Waals surface area contributed by atoms with E-state index in [1.807, 2.05) is 37.9 Å². The molecule has 1 aromatic rings. The summed E-state index contributed by atoms with van der Waals surface area (Å²) in [7, 11) is 1.97. The van der Waals surface area contributed by atoms with E-state index in [4.69, 9.17) is 0 Å². The zero-order valence-electron chi connectivity index (χ0n) is 11.5. The summed E-state index contributed by atoms with van der Waals surface area (Å²) in [5.74, 6) is 0.168. The molecule has 1 amide bonds. The minimum atomic E-state index is 0.168. The summed E-state index contributed by atoms with van der Waals surface area (Å²) in [6.45, 7) is 5.78. The first-order valence-electron chi connectivity index (χ1n) is 6.65. The van der Waals surface area contributed by atoms with Crippen LogP contribution in [0.1, 0.15) is 34.3 Å². The summed E-state index contributed by atoms with van der Waals surface area (Å²) < 4.78 is 0. The van der Waals surface area contributed by atoms with Crippen LogP contribution in [0.5, 0.6) is 0 Å². The summed E-state index contributed by atoms with van der Waals surface area (Å²) in [5.41, 5.74) is 3.13. The number of likely N-dealkylation sites (N-methyl/N-ethyl adjacent to an activating group) is 1. The van der Waals surface area contributed by atoms with Gasteiger partial charge in [-0.2, -0.15) is 0 Å². The van der Waals surface area contributed by atoms with Gasteiger partial charge in [0.1, 0.15) is 0 Å². The number of piperidine rings is 1. The number of hydrogen-bond donors (Lipinski definition) is 1. The molecule has 0 spiro atoms. The molecule has 1 unspecified atom stereocenters. The van der Waals surface area contributed by atoms with Gasteiger partial charge in [-0.1, -0.05) is 17.2 Å². The van der Waals surface area contributed by atoms with E-state index in [-0.39, 0.29) is 5.91 Å². The molecule has 18 heavy (non-hydrogen) atoms. The van der Waals surface area contributed by atoms with Crippen molar-refractivity contribution in [2.45, 2.75) is 32.7 Å². The van der Waals surface area contributed by atoms with E-state index in [0.717, 1.165) is 42.6 Å². The van der Waals surface area contributed by atoms with Gasteiger partial charge in [0.25, 0.3) is 5.91 Å². The van der Waals surface area contributed by atoms with Crippen LogP contribution in [0.4, 0.5) is 0 Å². The maximum absolute atomic E-state index is 12.5. The van der Waals surface area contributed by atoms with Crippen molar-refractivity contribution in [3.63, 3.8) is 0 Å². The van der Waals surface area contributed by atoms with Crippen molar-refractivity contribution in [3.05, 3.63) is 34.9 Å². The van der Waals surface area contributed by atoms with Crippen molar-refractivity contribution in [1.82, 2.24) is 10.2 Å². The van der Waals surface area contributed by atoms with E-state index in [9.17, 15) is 4.79 Å². The lowest BCUT2D eigenvalue weighted by atomic mass is 10.0. The third-order valence-electron chi connectivity index (χ3n) is 3.59. The molecule has 1 aliphatic heterocycles. The van der Waals surface area contributed by atoms with Gasteiger partial charge in [0.2, 0.25) is 0 Å². The number of rotatable bonds is 2. The van der Waals surface area contributed by atoms with Gasteiger partial charge in [-0.25, -0.2) is 0 Å². The molecule has 1 N–H and O–H groups in total. The number of amides is 1. The van der Waals surface area contributed by atoms with Gasteiger partial charge in [0, 0.05) is 24.7 Å². The van der Waals surface area contributed by atoms with Crippen LogP contribution in [0, 0.1) is 13.8 Å². The van der Waals surface area contributed by atoms with Crippen LogP contribution in [0.25, 0.3) is 0 Å². The molecule has 1 aliphatic rings. The minimum Gasteiger partial charge on any atom is -0.337 e. The highest BCUT2D eigenvalue weighted by atomic mass is 16.2. The number of carbonyl (C=O) groups is 1. The molecular formula is C15H22N2O. The minimum absolute atomic E-state index is 0.168. The van der Waals surface area contributed by atoms with Crippen LogP contribution in [-0.4, -0.2) is 37.0 Å². The molecule has 3 heteroatoms. The van der Waals surface area contributed by atoms with Crippen LogP contribution in [0.3, 0.4) is 0 Å². The maximum atomic E-state index is 12.5. The van der Waals surface area contributed by atoms with E-state index in [1.54, 1.807) is 0 Å². The lowest BCUT2D eigenvalue weighted by Gasteiger charge is -2.32. The van der Waals surface area contributed by atoms with E-state index in [0.29, 0.717) is 6.04 Å². The third-order valence-corrected chi connectivity index (χ3v) is 3.59. The molecule has 1 aromatic carbocycles. The standard InChI is InChI=1S/C15H22N2O/c1-11-7-12(2)9-13(8-11)15(18)17-6-4-5-14(10-17)16-3/h7-9,14,16H,4-6,10H2,1-3H3. The lowest BCUT2D eigenvalue weighted by molar-refractivity contribution is 0.0698. The Kier molecular flexibility index (Phi) is 4.02. The first-order chi connectivity index (χ1) is 8.60. The fourth-order valence-electron chi connectivity index (χ4n) is 2.68. The van der Waals surface area contributed by atoms with Gasteiger partial charge in [-0.15, -0.1) is 0 Å². The summed E-state index contributed by atoms with van der Waals surface area (Å²) in [6, 6.07) is 6.51. The van der Waals surface area contributed by atoms with Gasteiger partial charge in [0.05, 0.1) is 0 Å². The number of carbonyl (C=O) groups excluding carboxylic acids is 1. The van der Waals surface area contributed by atoms with E-state index in [1.165, 1.54) is 0 Å². The quantitative estimate of drug-likeness (QED) is 0.867. The molecule has 0 aromatic heterocycles. The van der Waals surface area contributed by atoms with Crippen molar-refractivity contribution >= 4 is 5.91 Å². The zero-order chi connectivity index (χ0) is 13.1. The Balaban J connectivity index is 2.15. The first kappa shape index (κ1) is 13.1. The van der Waals surface area contributed by atoms with Crippen molar-refractivity contribution in [1.29, 1.82) is 0 Å². The molecule has 1 saturated heterocycles. The van der Waals surface area contributed by atoms with Crippen LogP contribution in [-0.2, 0) is 0 Å². The highest BCUT2D eigenvalue weighted by Gasteiger charge is 2.23. The van der Waals surface area contributed by atoms with E-state index in [2.05, 4.69) is 11.4 Å². The number of likely N-dealkylation sites (tertiary alicyclic amines) is 1. The molecule has 98 valence electrons. The van der Waals surface area contributed by atoms with Crippen molar-refractivity contribution in [2.75, 3.05) is 20.1 Å². The normalized spacial score (nSPS) is 19.9. The predicted octanol–water partition coefficient (Wildman–Crippen LogP) is 2.13. The van der Waals surface area contributed by atoms with Crippen LogP contribution in [0.15, 0.2) is 18.2 Å². The van der Waals surface area contributed by atoms with Crippen LogP contribution < -0.4 is 5.32 Å². The number of nitrogens with one attached hydrogen (secondary N) is 1. The Hall–Kier alpha value is -1.35. The van der Waals surface area contributed by atoms with Crippen molar-refractivity contribution in [2.24, 2.45) is 0 Å². The average molecular weight is 246 g/mol. The Morgan fingerprint density at radius 1 is 1.28 bits per heavy atom. The van der Waals surface area contributed by atoms with E-state index < -0.39 is 0 Å². The molecule has 0 bridgehead atoms. The molecule has 2 rings (SSSR count). The molecule has 0 radical (unpaired) electrons. The number of hydrogen-bond acceptors (Lipinski definition) is 2. The fraction of sp³-hybridized carbons (Fsp3) is 0.533. The molecule has 0 aliphatic carbocycles. The first-order valence-corrected chi connectivity index (χ1v) is 6.65. The monoisotopic (exact) mass is 246 g/mol. The third kappa shape index (κ3) is 2.91.